The molecule has 37 heavy (non-hydrogen) atoms. The van der Waals surface area contributed by atoms with Crippen LogP contribution in [0.4, 0.5) is 13.2 Å². The van der Waals surface area contributed by atoms with Crippen LogP contribution < -0.4 is 10.1 Å². The van der Waals surface area contributed by atoms with E-state index in [1.165, 1.54) is 7.11 Å². The van der Waals surface area contributed by atoms with Crippen LogP contribution in [0.1, 0.15) is 52.2 Å². The smallest absolute Gasteiger partial charge is 0.417 e. The third-order valence-electron chi connectivity index (χ3n) is 7.30. The van der Waals surface area contributed by atoms with Crippen molar-refractivity contribution in [3.63, 3.8) is 0 Å². The second-order valence-corrected chi connectivity index (χ2v) is 9.78. The summed E-state index contributed by atoms with van der Waals surface area (Å²) in [5, 5.41) is 3.08. The van der Waals surface area contributed by atoms with Crippen LogP contribution >= 0.6 is 11.6 Å². The zero-order valence-corrected chi connectivity index (χ0v) is 20.6. The quantitative estimate of drug-likeness (QED) is 0.442. The van der Waals surface area contributed by atoms with Gasteiger partial charge in [0.1, 0.15) is 11.5 Å². The molecule has 0 saturated heterocycles. The van der Waals surface area contributed by atoms with E-state index in [4.69, 9.17) is 16.3 Å². The van der Waals surface area contributed by atoms with Crippen molar-refractivity contribution in [1.29, 1.82) is 0 Å². The summed E-state index contributed by atoms with van der Waals surface area (Å²) >= 11 is 6.35. The van der Waals surface area contributed by atoms with Gasteiger partial charge in [-0.25, -0.2) is 0 Å². The molecule has 5 nitrogen and oxygen atoms in total. The number of benzene rings is 2. The summed E-state index contributed by atoms with van der Waals surface area (Å²) in [6.45, 7) is 0.602. The number of methoxy groups -OCH3 is 1. The number of halogens is 4. The van der Waals surface area contributed by atoms with Crippen LogP contribution in [0.2, 0.25) is 5.02 Å². The first-order valence-corrected chi connectivity index (χ1v) is 12.3. The van der Waals surface area contributed by atoms with Crippen LogP contribution in [0, 0.1) is 5.92 Å². The van der Waals surface area contributed by atoms with E-state index in [1.54, 1.807) is 24.3 Å². The molecule has 2 aliphatic rings. The van der Waals surface area contributed by atoms with Gasteiger partial charge in [-0.15, -0.1) is 0 Å². The van der Waals surface area contributed by atoms with Gasteiger partial charge in [-0.3, -0.25) is 14.6 Å². The lowest BCUT2D eigenvalue weighted by molar-refractivity contribution is -0.139. The first-order valence-electron chi connectivity index (χ1n) is 11.9. The lowest BCUT2D eigenvalue weighted by atomic mass is 9.65. The molecule has 0 bridgehead atoms. The Kier molecular flexibility index (Phi) is 6.81. The molecule has 0 radical (unpaired) electrons. The third-order valence-corrected chi connectivity index (χ3v) is 7.60. The highest BCUT2D eigenvalue weighted by molar-refractivity contribution is 6.31. The predicted octanol–water partition coefficient (Wildman–Crippen LogP) is 5.67. The van der Waals surface area contributed by atoms with E-state index in [1.807, 2.05) is 24.3 Å². The Morgan fingerprint density at radius 2 is 1.78 bits per heavy atom. The van der Waals surface area contributed by atoms with Gasteiger partial charge in [0, 0.05) is 24.6 Å². The Balaban J connectivity index is 1.60. The number of ether oxygens (including phenoxy) is 1. The Morgan fingerprint density at radius 3 is 2.46 bits per heavy atom. The minimum Gasteiger partial charge on any atom is -0.497 e. The van der Waals surface area contributed by atoms with Crippen LogP contribution in [0.25, 0.3) is 0 Å². The highest BCUT2D eigenvalue weighted by atomic mass is 35.5. The molecule has 2 heterocycles. The summed E-state index contributed by atoms with van der Waals surface area (Å²) in [4.78, 5) is 31.8. The molecule has 3 aromatic rings. The number of Topliss-reactive ketones (excluding diaryl/α,β-unsaturated/α-hetero) is 2. The maximum Gasteiger partial charge on any atom is 0.417 e. The van der Waals surface area contributed by atoms with E-state index in [-0.39, 0.29) is 22.9 Å². The molecular weight excluding hydrogens is 505 g/mol. The number of pyridine rings is 1. The van der Waals surface area contributed by atoms with Crippen molar-refractivity contribution in [3.05, 3.63) is 93.8 Å². The van der Waals surface area contributed by atoms with Gasteiger partial charge in [-0.05, 0) is 47.9 Å². The first-order chi connectivity index (χ1) is 17.7. The SMILES string of the molecule is COc1ccc([C@H]2CC(=O)[C@H]([C@@H]3NCCc4ccccc43)C(=O)[C@@H]2c2ncc(C(F)(F)F)cc2Cl)cc1. The van der Waals surface area contributed by atoms with E-state index in [0.717, 1.165) is 23.6 Å². The number of nitrogens with one attached hydrogen (secondary N) is 1. The molecule has 0 spiro atoms. The Hall–Kier alpha value is -3.23. The minimum absolute atomic E-state index is 0.0206. The molecule has 1 aliphatic heterocycles. The fourth-order valence-corrected chi connectivity index (χ4v) is 5.80. The molecule has 1 aromatic heterocycles. The van der Waals surface area contributed by atoms with Crippen LogP contribution in [0.15, 0.2) is 60.8 Å². The molecular formula is C28H24ClF3N2O3. The summed E-state index contributed by atoms with van der Waals surface area (Å²) in [5.41, 5.74) is 1.67. The molecule has 1 N–H and O–H groups in total. The molecule has 1 fully saturated rings. The van der Waals surface area contributed by atoms with Gasteiger partial charge in [-0.2, -0.15) is 13.2 Å². The highest BCUT2D eigenvalue weighted by Gasteiger charge is 2.50. The molecule has 2 aromatic carbocycles. The minimum atomic E-state index is -4.63. The van der Waals surface area contributed by atoms with Crippen LogP contribution in [0.3, 0.4) is 0 Å². The largest absolute Gasteiger partial charge is 0.497 e. The zero-order valence-electron chi connectivity index (χ0n) is 19.9. The van der Waals surface area contributed by atoms with Gasteiger partial charge >= 0.3 is 6.18 Å². The summed E-state index contributed by atoms with van der Waals surface area (Å²) in [6, 6.07) is 14.9. The fourth-order valence-electron chi connectivity index (χ4n) is 5.52. The Labute approximate surface area is 217 Å². The van der Waals surface area contributed by atoms with E-state index in [2.05, 4.69) is 10.3 Å². The number of carbonyl (C=O) groups is 2. The molecule has 0 unspecified atom stereocenters. The Morgan fingerprint density at radius 1 is 1.05 bits per heavy atom. The number of rotatable bonds is 4. The summed E-state index contributed by atoms with van der Waals surface area (Å²) in [7, 11) is 1.52. The molecule has 9 heteroatoms. The Bertz CT molecular complexity index is 1340. The van der Waals surface area contributed by atoms with Crippen molar-refractivity contribution in [3.8, 4) is 5.75 Å². The number of aromatic nitrogens is 1. The highest BCUT2D eigenvalue weighted by Crippen LogP contribution is 2.48. The average molecular weight is 529 g/mol. The average Bonchev–Trinajstić information content (AvgIpc) is 2.88. The van der Waals surface area contributed by atoms with Gasteiger partial charge < -0.3 is 10.1 Å². The van der Waals surface area contributed by atoms with Crippen molar-refractivity contribution in [2.45, 2.75) is 36.9 Å². The van der Waals surface area contributed by atoms with Crippen LogP contribution in [-0.2, 0) is 22.2 Å². The summed E-state index contributed by atoms with van der Waals surface area (Å²) in [5.74, 6) is -2.68. The van der Waals surface area contributed by atoms with Crippen LogP contribution in [0.5, 0.6) is 5.75 Å². The lowest BCUT2D eigenvalue weighted by Crippen LogP contribution is -2.47. The van der Waals surface area contributed by atoms with Gasteiger partial charge in [0.2, 0.25) is 0 Å². The van der Waals surface area contributed by atoms with Crippen LogP contribution in [-0.4, -0.2) is 30.2 Å². The number of hydrogen-bond donors (Lipinski definition) is 1. The normalized spacial score (nSPS) is 24.0. The third kappa shape index (κ3) is 4.76. The maximum atomic E-state index is 14.2. The van der Waals surface area contributed by atoms with Crippen molar-refractivity contribution in [2.24, 2.45) is 5.92 Å². The molecule has 192 valence electrons. The zero-order chi connectivity index (χ0) is 26.3. The standard InChI is InChI=1S/C28H24ClF3N2O3/c1-37-18-8-6-16(7-9-18)20-13-22(35)24(25-19-5-3-2-4-15(19)10-11-33-25)27(36)23(20)26-21(29)12-17(14-34-26)28(30,31)32/h2-9,12,14,20,23-25,33H,10-11,13H2,1H3/t20-,23+,24-,25-/m1/s1. The second kappa shape index (κ2) is 9.91. The number of alkyl halides is 3. The van der Waals surface area contributed by atoms with E-state index in [0.29, 0.717) is 24.1 Å². The lowest BCUT2D eigenvalue weighted by Gasteiger charge is -2.39. The number of carbonyl (C=O) groups excluding carboxylic acids is 2. The number of fused-ring (bicyclic) bond motifs is 1. The predicted molar refractivity (Wildman–Crippen MR) is 132 cm³/mol. The van der Waals surface area contributed by atoms with Crippen molar-refractivity contribution in [2.75, 3.05) is 13.7 Å². The second-order valence-electron chi connectivity index (χ2n) is 9.38. The first kappa shape index (κ1) is 25.4. The maximum absolute atomic E-state index is 14.2. The number of ketones is 2. The molecule has 1 aliphatic carbocycles. The molecule has 0 amide bonds. The molecule has 1 saturated carbocycles. The van der Waals surface area contributed by atoms with Crippen molar-refractivity contribution < 1.29 is 27.5 Å². The summed E-state index contributed by atoms with van der Waals surface area (Å²) in [6.07, 6.45) is -3.15. The van der Waals surface area contributed by atoms with Gasteiger partial charge in [0.15, 0.2) is 5.78 Å². The van der Waals surface area contributed by atoms with Crippen molar-refractivity contribution >= 4 is 23.2 Å². The van der Waals surface area contributed by atoms with E-state index >= 15 is 0 Å². The van der Waals surface area contributed by atoms with Gasteiger partial charge in [0.25, 0.3) is 0 Å². The number of hydrogen-bond acceptors (Lipinski definition) is 5. The fraction of sp³-hybridized carbons (Fsp3) is 0.321. The topological polar surface area (TPSA) is 68.3 Å². The number of nitrogens with zero attached hydrogens (tertiary/aromatic N) is 1. The van der Waals surface area contributed by atoms with Crippen molar-refractivity contribution in [1.82, 2.24) is 10.3 Å². The molecule has 5 rings (SSSR count). The monoisotopic (exact) mass is 528 g/mol. The van der Waals surface area contributed by atoms with E-state index < -0.39 is 41.3 Å². The van der Waals surface area contributed by atoms with Gasteiger partial charge in [0.05, 0.1) is 35.2 Å². The van der Waals surface area contributed by atoms with E-state index in [9.17, 15) is 22.8 Å². The summed E-state index contributed by atoms with van der Waals surface area (Å²) < 4.78 is 45.1. The molecule has 4 atom stereocenters. The van der Waals surface area contributed by atoms with Gasteiger partial charge in [-0.1, -0.05) is 48.0 Å².